The fourth-order valence-corrected chi connectivity index (χ4v) is 3.25. The van der Waals surface area contributed by atoms with Gasteiger partial charge in [0.2, 0.25) is 5.91 Å². The van der Waals surface area contributed by atoms with Crippen LogP contribution in [0, 0.1) is 0 Å². The summed E-state index contributed by atoms with van der Waals surface area (Å²) < 4.78 is 6.23. The van der Waals surface area contributed by atoms with Crippen molar-refractivity contribution in [3.8, 4) is 0 Å². The van der Waals surface area contributed by atoms with Gasteiger partial charge in [0.05, 0.1) is 30.1 Å². The Morgan fingerprint density at radius 2 is 2.42 bits per heavy atom. The molecule has 1 atom stereocenters. The zero-order chi connectivity index (χ0) is 13.8. The number of rotatable bonds is 4. The second-order valence-electron chi connectivity index (χ2n) is 4.87. The van der Waals surface area contributed by atoms with E-state index < -0.39 is 0 Å². The molecule has 6 heteroatoms. The number of hydrogen-bond donors (Lipinski definition) is 0. The summed E-state index contributed by atoms with van der Waals surface area (Å²) in [6, 6.07) is 3.83. The molecule has 106 valence electrons. The van der Waals surface area contributed by atoms with Gasteiger partial charge in [-0.2, -0.15) is 0 Å². The highest BCUT2D eigenvalue weighted by Gasteiger charge is 2.20. The first kappa shape index (κ1) is 14.8. The highest BCUT2D eigenvalue weighted by Crippen LogP contribution is 2.22. The number of ether oxygens (including phenoxy) is 1. The summed E-state index contributed by atoms with van der Waals surface area (Å²) in [6.45, 7) is 5.48. The van der Waals surface area contributed by atoms with Gasteiger partial charge in [0, 0.05) is 25.0 Å². The Labute approximate surface area is 122 Å². The summed E-state index contributed by atoms with van der Waals surface area (Å²) in [7, 11) is 1.83. The van der Waals surface area contributed by atoms with E-state index in [4.69, 9.17) is 16.3 Å². The Morgan fingerprint density at radius 3 is 3.05 bits per heavy atom. The second kappa shape index (κ2) is 6.70. The minimum Gasteiger partial charge on any atom is -0.376 e. The molecule has 0 bridgehead atoms. The molecule has 0 spiro atoms. The summed E-state index contributed by atoms with van der Waals surface area (Å²) >= 11 is 7.41. The molecule has 0 aromatic carbocycles. The third-order valence-electron chi connectivity index (χ3n) is 3.13. The Bertz CT molecular complexity index is 438. The molecule has 4 nitrogen and oxygen atoms in total. The van der Waals surface area contributed by atoms with E-state index in [1.165, 1.54) is 11.3 Å². The van der Waals surface area contributed by atoms with E-state index in [-0.39, 0.29) is 12.0 Å². The topological polar surface area (TPSA) is 32.8 Å². The highest BCUT2D eigenvalue weighted by molar-refractivity contribution is 7.16. The molecule has 19 heavy (non-hydrogen) atoms. The van der Waals surface area contributed by atoms with E-state index in [2.05, 4.69) is 4.90 Å². The minimum atomic E-state index is 0.138. The molecule has 0 radical (unpaired) electrons. The van der Waals surface area contributed by atoms with Crippen molar-refractivity contribution in [3.05, 3.63) is 21.3 Å². The number of carbonyl (C=O) groups excluding carboxylic acids is 1. The highest BCUT2D eigenvalue weighted by atomic mass is 35.5. The van der Waals surface area contributed by atoms with Crippen molar-refractivity contribution >= 4 is 28.8 Å². The van der Waals surface area contributed by atoms with E-state index in [0.29, 0.717) is 19.7 Å². The van der Waals surface area contributed by atoms with E-state index in [9.17, 15) is 4.79 Å². The van der Waals surface area contributed by atoms with Gasteiger partial charge in [0.25, 0.3) is 0 Å². The summed E-state index contributed by atoms with van der Waals surface area (Å²) in [5, 5.41) is 0. The zero-order valence-electron chi connectivity index (χ0n) is 11.3. The van der Waals surface area contributed by atoms with Gasteiger partial charge >= 0.3 is 0 Å². The summed E-state index contributed by atoms with van der Waals surface area (Å²) in [5.41, 5.74) is 0. The van der Waals surface area contributed by atoms with Crippen molar-refractivity contribution in [1.82, 2.24) is 9.80 Å². The minimum absolute atomic E-state index is 0.138. The van der Waals surface area contributed by atoms with E-state index in [0.717, 1.165) is 22.3 Å². The van der Waals surface area contributed by atoms with E-state index >= 15 is 0 Å². The molecule has 2 rings (SSSR count). The first-order chi connectivity index (χ1) is 9.04. The molecule has 0 aliphatic carbocycles. The van der Waals surface area contributed by atoms with Crippen LogP contribution in [0.3, 0.4) is 0 Å². The van der Waals surface area contributed by atoms with Crippen molar-refractivity contribution in [2.24, 2.45) is 0 Å². The van der Waals surface area contributed by atoms with Crippen LogP contribution in [0.1, 0.15) is 11.8 Å². The van der Waals surface area contributed by atoms with Gasteiger partial charge < -0.3 is 9.64 Å². The Morgan fingerprint density at radius 1 is 1.63 bits per heavy atom. The predicted molar refractivity (Wildman–Crippen MR) is 77.7 cm³/mol. The van der Waals surface area contributed by atoms with Crippen LogP contribution in [0.5, 0.6) is 0 Å². The molecular weight excluding hydrogens is 284 g/mol. The molecular formula is C13H19ClN2O2S. The number of nitrogens with zero attached hydrogens (tertiary/aromatic N) is 2. The summed E-state index contributed by atoms with van der Waals surface area (Å²) in [4.78, 5) is 17.2. The normalized spacial score (nSPS) is 20.5. The number of carbonyl (C=O) groups is 1. The molecule has 1 saturated heterocycles. The predicted octanol–water partition coefficient (Wildman–Crippen LogP) is 2.08. The SMILES string of the molecule is CC1CN(CC(=O)N(C)Cc2ccc(Cl)s2)CCO1. The average Bonchev–Trinajstić information content (AvgIpc) is 2.74. The van der Waals surface area contributed by atoms with Crippen molar-refractivity contribution < 1.29 is 9.53 Å². The van der Waals surface area contributed by atoms with Crippen LogP contribution in [-0.4, -0.2) is 55.1 Å². The lowest BCUT2D eigenvalue weighted by atomic mass is 10.3. The van der Waals surface area contributed by atoms with Gasteiger partial charge in [-0.1, -0.05) is 11.6 Å². The van der Waals surface area contributed by atoms with E-state index in [1.807, 2.05) is 26.1 Å². The average molecular weight is 303 g/mol. The maximum absolute atomic E-state index is 12.1. The van der Waals surface area contributed by atoms with Crippen molar-refractivity contribution in [2.45, 2.75) is 19.6 Å². The fraction of sp³-hybridized carbons (Fsp3) is 0.615. The van der Waals surface area contributed by atoms with Crippen LogP contribution in [-0.2, 0) is 16.1 Å². The van der Waals surface area contributed by atoms with Crippen molar-refractivity contribution in [2.75, 3.05) is 33.3 Å². The van der Waals surface area contributed by atoms with Gasteiger partial charge in [-0.05, 0) is 19.1 Å². The molecule has 0 saturated carbocycles. The molecule has 2 heterocycles. The van der Waals surface area contributed by atoms with Crippen LogP contribution in [0.2, 0.25) is 4.34 Å². The largest absolute Gasteiger partial charge is 0.376 e. The first-order valence-corrected chi connectivity index (χ1v) is 7.56. The number of morpholine rings is 1. The lowest BCUT2D eigenvalue weighted by Gasteiger charge is -2.31. The zero-order valence-corrected chi connectivity index (χ0v) is 12.8. The molecule has 1 aromatic rings. The molecule has 1 aromatic heterocycles. The smallest absolute Gasteiger partial charge is 0.236 e. The fourth-order valence-electron chi connectivity index (χ4n) is 2.10. The molecule has 1 aliphatic heterocycles. The third-order valence-corrected chi connectivity index (χ3v) is 4.35. The number of amides is 1. The van der Waals surface area contributed by atoms with Gasteiger partial charge in [-0.3, -0.25) is 9.69 Å². The van der Waals surface area contributed by atoms with E-state index in [1.54, 1.807) is 4.90 Å². The van der Waals surface area contributed by atoms with Crippen LogP contribution in [0.4, 0.5) is 0 Å². The molecule has 1 fully saturated rings. The number of halogens is 1. The Kier molecular flexibility index (Phi) is 5.21. The maximum atomic E-state index is 12.1. The molecule has 0 N–H and O–H groups in total. The maximum Gasteiger partial charge on any atom is 0.236 e. The Balaban J connectivity index is 1.81. The number of likely N-dealkylation sites (N-methyl/N-ethyl adjacent to an activating group) is 1. The molecule has 1 aliphatic rings. The second-order valence-corrected chi connectivity index (χ2v) is 6.67. The summed E-state index contributed by atoms with van der Waals surface area (Å²) in [6.07, 6.45) is 0.211. The molecule has 1 unspecified atom stereocenters. The third kappa shape index (κ3) is 4.45. The van der Waals surface area contributed by atoms with Gasteiger partial charge in [0.1, 0.15) is 0 Å². The van der Waals surface area contributed by atoms with Gasteiger partial charge in [-0.25, -0.2) is 0 Å². The van der Waals surface area contributed by atoms with Crippen LogP contribution < -0.4 is 0 Å². The lowest BCUT2D eigenvalue weighted by Crippen LogP contribution is -2.46. The monoisotopic (exact) mass is 302 g/mol. The Hall–Kier alpha value is -0.620. The number of thiophene rings is 1. The molecule has 1 amide bonds. The van der Waals surface area contributed by atoms with Crippen LogP contribution in [0.15, 0.2) is 12.1 Å². The van der Waals surface area contributed by atoms with Crippen LogP contribution in [0.25, 0.3) is 0 Å². The van der Waals surface area contributed by atoms with Crippen molar-refractivity contribution in [3.63, 3.8) is 0 Å². The van der Waals surface area contributed by atoms with Crippen LogP contribution >= 0.6 is 22.9 Å². The van der Waals surface area contributed by atoms with Gasteiger partial charge in [0.15, 0.2) is 0 Å². The number of hydrogen-bond acceptors (Lipinski definition) is 4. The summed E-state index contributed by atoms with van der Waals surface area (Å²) in [5.74, 6) is 0.138. The van der Waals surface area contributed by atoms with Gasteiger partial charge in [-0.15, -0.1) is 11.3 Å². The first-order valence-electron chi connectivity index (χ1n) is 6.36. The standard InChI is InChI=1S/C13H19ClN2O2S/c1-10-7-16(5-6-18-10)9-13(17)15(2)8-11-3-4-12(14)19-11/h3-4,10H,5-9H2,1-2H3. The lowest BCUT2D eigenvalue weighted by molar-refractivity contribution is -0.133. The van der Waals surface area contributed by atoms with Crippen molar-refractivity contribution in [1.29, 1.82) is 0 Å². The quantitative estimate of drug-likeness (QED) is 0.854.